The van der Waals surface area contributed by atoms with E-state index in [4.69, 9.17) is 4.52 Å². The molecule has 2 atom stereocenters. The van der Waals surface area contributed by atoms with E-state index >= 15 is 0 Å². The van der Waals surface area contributed by atoms with Crippen molar-refractivity contribution in [2.75, 3.05) is 0 Å². The number of nitrogens with zero attached hydrogens (tertiary/aromatic N) is 3. The molecule has 0 saturated heterocycles. The fourth-order valence-electron chi connectivity index (χ4n) is 2.12. The third-order valence-electron chi connectivity index (χ3n) is 3.59. The molecule has 0 radical (unpaired) electrons. The predicted octanol–water partition coefficient (Wildman–Crippen LogP) is 3.34. The average molecular weight is 302 g/mol. The summed E-state index contributed by atoms with van der Waals surface area (Å²) < 4.78 is 7.33. The first-order chi connectivity index (χ1) is 10.2. The number of nitrogens with one attached hydrogen (secondary N) is 1. The van der Waals surface area contributed by atoms with Crippen molar-refractivity contribution in [1.29, 1.82) is 0 Å². The number of thiophene rings is 1. The Morgan fingerprint density at radius 1 is 1.38 bits per heavy atom. The van der Waals surface area contributed by atoms with Gasteiger partial charge in [-0.05, 0) is 31.4 Å². The molecule has 3 heterocycles. The molecule has 5 nitrogen and oxygen atoms in total. The van der Waals surface area contributed by atoms with E-state index in [2.05, 4.69) is 29.4 Å². The summed E-state index contributed by atoms with van der Waals surface area (Å²) >= 11 is 1.65. The van der Waals surface area contributed by atoms with Crippen LogP contribution in [-0.4, -0.2) is 21.0 Å². The van der Waals surface area contributed by atoms with Crippen LogP contribution in [0.2, 0.25) is 0 Å². The SMILES string of the molecule is C[C@H](NCc1cc(-c2cccs2)on1)[C@@H](C)n1cccn1. The molecule has 0 unspecified atom stereocenters. The van der Waals surface area contributed by atoms with E-state index in [1.807, 2.05) is 40.5 Å². The van der Waals surface area contributed by atoms with E-state index in [-0.39, 0.29) is 12.1 Å². The maximum absolute atomic E-state index is 5.38. The lowest BCUT2D eigenvalue weighted by molar-refractivity contribution is 0.357. The van der Waals surface area contributed by atoms with Gasteiger partial charge in [0, 0.05) is 31.0 Å². The minimum absolute atomic E-state index is 0.281. The molecule has 0 bridgehead atoms. The first kappa shape index (κ1) is 14.0. The van der Waals surface area contributed by atoms with Gasteiger partial charge in [0.25, 0.3) is 0 Å². The standard InChI is InChI=1S/C15H18N4OS/c1-11(12(2)19-7-4-6-17-19)16-10-13-9-14(20-18-13)15-5-3-8-21-15/h3-9,11-12,16H,10H2,1-2H3/t11-,12+/m0/s1. The van der Waals surface area contributed by atoms with Gasteiger partial charge in [-0.3, -0.25) is 4.68 Å². The molecule has 0 aromatic carbocycles. The van der Waals surface area contributed by atoms with Crippen LogP contribution in [-0.2, 0) is 6.54 Å². The fourth-order valence-corrected chi connectivity index (χ4v) is 2.79. The highest BCUT2D eigenvalue weighted by Crippen LogP contribution is 2.25. The van der Waals surface area contributed by atoms with Crippen LogP contribution in [0.15, 0.2) is 46.6 Å². The van der Waals surface area contributed by atoms with Crippen LogP contribution < -0.4 is 5.32 Å². The van der Waals surface area contributed by atoms with Crippen LogP contribution in [0.25, 0.3) is 10.6 Å². The Hall–Kier alpha value is -1.92. The predicted molar refractivity (Wildman–Crippen MR) is 83.1 cm³/mol. The quantitative estimate of drug-likeness (QED) is 0.759. The van der Waals surface area contributed by atoms with Crippen LogP contribution in [0, 0.1) is 0 Å². The van der Waals surface area contributed by atoms with Gasteiger partial charge < -0.3 is 9.84 Å². The second kappa shape index (κ2) is 6.24. The summed E-state index contributed by atoms with van der Waals surface area (Å²) in [7, 11) is 0. The van der Waals surface area contributed by atoms with Crippen LogP contribution in [0.1, 0.15) is 25.6 Å². The second-order valence-corrected chi connectivity index (χ2v) is 6.00. The van der Waals surface area contributed by atoms with Gasteiger partial charge >= 0.3 is 0 Å². The molecule has 3 aromatic heterocycles. The molecule has 0 fully saturated rings. The van der Waals surface area contributed by atoms with Crippen molar-refractivity contribution in [2.24, 2.45) is 0 Å². The van der Waals surface area contributed by atoms with Crippen molar-refractivity contribution in [2.45, 2.75) is 32.5 Å². The summed E-state index contributed by atoms with van der Waals surface area (Å²) in [6.45, 7) is 4.97. The van der Waals surface area contributed by atoms with Crippen LogP contribution in [0.4, 0.5) is 0 Å². The lowest BCUT2D eigenvalue weighted by Crippen LogP contribution is -2.33. The van der Waals surface area contributed by atoms with Gasteiger partial charge in [-0.2, -0.15) is 5.10 Å². The lowest BCUT2D eigenvalue weighted by atomic mass is 10.1. The average Bonchev–Trinajstić information content (AvgIpc) is 3.25. The molecule has 0 aliphatic rings. The molecular weight excluding hydrogens is 284 g/mol. The highest BCUT2D eigenvalue weighted by atomic mass is 32.1. The molecule has 3 aromatic rings. The molecule has 0 aliphatic carbocycles. The lowest BCUT2D eigenvalue weighted by Gasteiger charge is -2.21. The third-order valence-corrected chi connectivity index (χ3v) is 4.48. The fraction of sp³-hybridized carbons (Fsp3) is 0.333. The minimum atomic E-state index is 0.281. The molecular formula is C15H18N4OS. The Morgan fingerprint density at radius 2 is 2.29 bits per heavy atom. The molecule has 6 heteroatoms. The molecule has 1 N–H and O–H groups in total. The largest absolute Gasteiger partial charge is 0.355 e. The molecule has 0 amide bonds. The minimum Gasteiger partial charge on any atom is -0.355 e. The van der Waals surface area contributed by atoms with Gasteiger partial charge in [-0.25, -0.2) is 0 Å². The Balaban J connectivity index is 1.58. The summed E-state index contributed by atoms with van der Waals surface area (Å²) in [6.07, 6.45) is 3.78. The van der Waals surface area contributed by atoms with Crippen molar-refractivity contribution >= 4 is 11.3 Å². The van der Waals surface area contributed by atoms with Crippen molar-refractivity contribution in [3.8, 4) is 10.6 Å². The molecule has 3 rings (SSSR count). The molecule has 110 valence electrons. The second-order valence-electron chi connectivity index (χ2n) is 5.06. The van der Waals surface area contributed by atoms with Gasteiger partial charge in [-0.1, -0.05) is 11.2 Å². The molecule has 0 spiro atoms. The molecule has 21 heavy (non-hydrogen) atoms. The molecule has 0 aliphatic heterocycles. The smallest absolute Gasteiger partial charge is 0.177 e. The zero-order chi connectivity index (χ0) is 14.7. The van der Waals surface area contributed by atoms with E-state index in [0.29, 0.717) is 6.54 Å². The molecule has 0 saturated carbocycles. The summed E-state index contributed by atoms with van der Waals surface area (Å²) in [5.41, 5.74) is 0.915. The Bertz CT molecular complexity index is 660. The zero-order valence-corrected chi connectivity index (χ0v) is 12.9. The van der Waals surface area contributed by atoms with Crippen molar-refractivity contribution in [3.05, 3.63) is 47.7 Å². The summed E-state index contributed by atoms with van der Waals surface area (Å²) in [5.74, 6) is 0.828. The third kappa shape index (κ3) is 3.22. The summed E-state index contributed by atoms with van der Waals surface area (Å²) in [4.78, 5) is 1.10. The Kier molecular flexibility index (Phi) is 4.17. The monoisotopic (exact) mass is 302 g/mol. The number of aromatic nitrogens is 3. The van der Waals surface area contributed by atoms with E-state index in [1.54, 1.807) is 17.5 Å². The number of hydrogen-bond acceptors (Lipinski definition) is 5. The van der Waals surface area contributed by atoms with E-state index in [0.717, 1.165) is 16.3 Å². The number of hydrogen-bond donors (Lipinski definition) is 1. The maximum Gasteiger partial charge on any atom is 0.177 e. The number of rotatable bonds is 6. The van der Waals surface area contributed by atoms with E-state index < -0.39 is 0 Å². The normalized spacial score (nSPS) is 14.2. The maximum atomic E-state index is 5.38. The Labute approximate surface area is 127 Å². The van der Waals surface area contributed by atoms with Crippen LogP contribution in [0.5, 0.6) is 0 Å². The highest BCUT2D eigenvalue weighted by molar-refractivity contribution is 7.13. The topological polar surface area (TPSA) is 55.9 Å². The van der Waals surface area contributed by atoms with Crippen molar-refractivity contribution in [1.82, 2.24) is 20.3 Å². The first-order valence-electron chi connectivity index (χ1n) is 6.96. The van der Waals surface area contributed by atoms with Gasteiger partial charge in [0.1, 0.15) is 0 Å². The van der Waals surface area contributed by atoms with Crippen LogP contribution >= 0.6 is 11.3 Å². The van der Waals surface area contributed by atoms with Crippen molar-refractivity contribution < 1.29 is 4.52 Å². The zero-order valence-electron chi connectivity index (χ0n) is 12.1. The summed E-state index contributed by atoms with van der Waals surface area (Å²) in [5, 5.41) is 13.9. The van der Waals surface area contributed by atoms with Gasteiger partial charge in [0.15, 0.2) is 5.76 Å². The van der Waals surface area contributed by atoms with Gasteiger partial charge in [-0.15, -0.1) is 11.3 Å². The summed E-state index contributed by atoms with van der Waals surface area (Å²) in [6, 6.07) is 8.53. The highest BCUT2D eigenvalue weighted by Gasteiger charge is 2.15. The first-order valence-corrected chi connectivity index (χ1v) is 7.84. The van der Waals surface area contributed by atoms with E-state index in [9.17, 15) is 0 Å². The van der Waals surface area contributed by atoms with Crippen molar-refractivity contribution in [3.63, 3.8) is 0 Å². The van der Waals surface area contributed by atoms with Crippen LogP contribution in [0.3, 0.4) is 0 Å². The Morgan fingerprint density at radius 3 is 3.00 bits per heavy atom. The van der Waals surface area contributed by atoms with Gasteiger partial charge in [0.05, 0.1) is 16.6 Å². The van der Waals surface area contributed by atoms with E-state index in [1.165, 1.54) is 0 Å². The van der Waals surface area contributed by atoms with Gasteiger partial charge in [0.2, 0.25) is 0 Å².